The predicted octanol–water partition coefficient (Wildman–Crippen LogP) is -1.89. The van der Waals surface area contributed by atoms with E-state index in [-0.39, 0.29) is 41.2 Å². The van der Waals surface area contributed by atoms with E-state index in [0.29, 0.717) is 0 Å². The average Bonchev–Trinajstić information content (AvgIpc) is 2.39. The van der Waals surface area contributed by atoms with E-state index in [0.717, 1.165) is 30.6 Å². The summed E-state index contributed by atoms with van der Waals surface area (Å²) in [4.78, 5) is 0. The number of hydrogen-bond donors (Lipinski definition) is 4. The molecule has 0 aromatic heterocycles. The minimum Gasteiger partial charge on any atom is -1.00 e. The Balaban J connectivity index is 0.00000200. The van der Waals surface area contributed by atoms with Crippen LogP contribution in [-0.2, 0) is 13.0 Å². The lowest BCUT2D eigenvalue weighted by atomic mass is 10.1. The molecule has 0 aliphatic heterocycles. The molecule has 4 nitrogen and oxygen atoms in total. The summed E-state index contributed by atoms with van der Waals surface area (Å²) < 4.78 is 0. The van der Waals surface area contributed by atoms with E-state index in [1.807, 2.05) is 12.1 Å². The zero-order valence-electron chi connectivity index (χ0n) is 11.0. The standard InChI is InChI=1S/C15H17NO3.HI/c17-13-3-1-2-12(8-13)10-16-7-6-11-4-5-14(18)15(19)9-11;/h1-5,8-9,16-19H,6-7,10H2;1H. The van der Waals surface area contributed by atoms with Gasteiger partial charge in [-0.15, -0.1) is 0 Å². The second-order valence-corrected chi connectivity index (χ2v) is 4.52. The third-order valence-corrected chi connectivity index (χ3v) is 2.97. The van der Waals surface area contributed by atoms with Gasteiger partial charge in [0.05, 0.1) is 6.54 Å². The summed E-state index contributed by atoms with van der Waals surface area (Å²) in [5.74, 6) is 0.118. The van der Waals surface area contributed by atoms with Crippen molar-refractivity contribution in [1.29, 1.82) is 0 Å². The van der Waals surface area contributed by atoms with Crippen LogP contribution < -0.4 is 29.3 Å². The molecule has 5 N–H and O–H groups in total. The summed E-state index contributed by atoms with van der Waals surface area (Å²) in [6, 6.07) is 12.1. The second-order valence-electron chi connectivity index (χ2n) is 4.52. The first-order valence-corrected chi connectivity index (χ1v) is 6.25. The summed E-state index contributed by atoms with van der Waals surface area (Å²) in [5, 5.41) is 30.1. The van der Waals surface area contributed by atoms with Gasteiger partial charge in [-0.2, -0.15) is 0 Å². The lowest BCUT2D eigenvalue weighted by Gasteiger charge is -2.04. The highest BCUT2D eigenvalue weighted by Gasteiger charge is 2.02. The summed E-state index contributed by atoms with van der Waals surface area (Å²) in [5.41, 5.74) is 2.07. The average molecular weight is 387 g/mol. The molecule has 0 radical (unpaired) electrons. The maximum Gasteiger partial charge on any atom is 0.157 e. The number of phenolic OH excluding ortho intramolecular Hbond substituents is 3. The number of phenols is 3. The summed E-state index contributed by atoms with van der Waals surface area (Å²) in [6.07, 6.45) is 0.812. The molecular formula is C15H18INO3. The van der Waals surface area contributed by atoms with Gasteiger partial charge in [0.15, 0.2) is 11.5 Å². The fraction of sp³-hybridized carbons (Fsp3) is 0.200. The molecule has 20 heavy (non-hydrogen) atoms. The van der Waals surface area contributed by atoms with Gasteiger partial charge in [0.1, 0.15) is 12.3 Å². The van der Waals surface area contributed by atoms with E-state index in [4.69, 9.17) is 0 Å². The largest absolute Gasteiger partial charge is 1.00 e. The molecule has 0 saturated heterocycles. The quantitative estimate of drug-likeness (QED) is 0.276. The van der Waals surface area contributed by atoms with Crippen LogP contribution >= 0.6 is 0 Å². The predicted molar refractivity (Wildman–Crippen MR) is 72.1 cm³/mol. The third-order valence-electron chi connectivity index (χ3n) is 2.97. The molecule has 0 bridgehead atoms. The molecule has 0 fully saturated rings. The van der Waals surface area contributed by atoms with E-state index < -0.39 is 0 Å². The van der Waals surface area contributed by atoms with Crippen LogP contribution in [0.4, 0.5) is 0 Å². The SMILES string of the molecule is Oc1cccc(C[NH2+]CCc2ccc(O)c(O)c2)c1.[I-]. The molecule has 2 aromatic carbocycles. The molecule has 108 valence electrons. The van der Waals surface area contributed by atoms with Crippen molar-refractivity contribution in [2.75, 3.05) is 6.54 Å². The highest BCUT2D eigenvalue weighted by atomic mass is 127. The van der Waals surface area contributed by atoms with Crippen molar-refractivity contribution >= 4 is 0 Å². The molecular weight excluding hydrogens is 369 g/mol. The molecule has 0 spiro atoms. The molecule has 0 aliphatic rings. The Bertz CT molecular complexity index is 561. The molecule has 0 heterocycles. The molecule has 2 aromatic rings. The summed E-state index contributed by atoms with van der Waals surface area (Å²) >= 11 is 0. The van der Waals surface area contributed by atoms with Crippen LogP contribution in [-0.4, -0.2) is 21.9 Å². The minimum absolute atomic E-state index is 0. The van der Waals surface area contributed by atoms with Gasteiger partial charge in [-0.25, -0.2) is 0 Å². The Morgan fingerprint density at radius 1 is 0.850 bits per heavy atom. The van der Waals surface area contributed by atoms with Crippen LogP contribution in [0.3, 0.4) is 0 Å². The van der Waals surface area contributed by atoms with Gasteiger partial charge in [-0.1, -0.05) is 18.2 Å². The van der Waals surface area contributed by atoms with Crippen LogP contribution in [0, 0.1) is 0 Å². The van der Waals surface area contributed by atoms with E-state index in [1.54, 1.807) is 24.3 Å². The van der Waals surface area contributed by atoms with E-state index in [2.05, 4.69) is 5.32 Å². The van der Waals surface area contributed by atoms with Crippen LogP contribution in [0.25, 0.3) is 0 Å². The van der Waals surface area contributed by atoms with Gasteiger partial charge in [-0.05, 0) is 29.8 Å². The number of nitrogens with two attached hydrogens (primary N) is 1. The molecule has 2 rings (SSSR count). The molecule has 0 amide bonds. The Morgan fingerprint density at radius 3 is 2.35 bits per heavy atom. The van der Waals surface area contributed by atoms with Crippen LogP contribution in [0.5, 0.6) is 17.2 Å². The van der Waals surface area contributed by atoms with Gasteiger partial charge in [0.2, 0.25) is 0 Å². The topological polar surface area (TPSA) is 77.3 Å². The molecule has 0 unspecified atom stereocenters. The van der Waals surface area contributed by atoms with Crippen molar-refractivity contribution in [2.24, 2.45) is 0 Å². The number of hydrogen-bond acceptors (Lipinski definition) is 3. The Hall–Kier alpha value is -1.47. The highest BCUT2D eigenvalue weighted by Crippen LogP contribution is 2.24. The van der Waals surface area contributed by atoms with Crippen molar-refractivity contribution in [1.82, 2.24) is 0 Å². The lowest BCUT2D eigenvalue weighted by molar-refractivity contribution is -0.670. The fourth-order valence-electron chi connectivity index (χ4n) is 1.95. The van der Waals surface area contributed by atoms with Gasteiger partial charge in [-0.3, -0.25) is 0 Å². The number of halogens is 1. The molecule has 0 aliphatic carbocycles. The van der Waals surface area contributed by atoms with Crippen LogP contribution in [0.15, 0.2) is 42.5 Å². The van der Waals surface area contributed by atoms with E-state index >= 15 is 0 Å². The van der Waals surface area contributed by atoms with Crippen molar-refractivity contribution in [3.05, 3.63) is 53.6 Å². The normalized spacial score (nSPS) is 10.0. The number of benzene rings is 2. The maximum absolute atomic E-state index is 9.38. The van der Waals surface area contributed by atoms with Crippen LogP contribution in [0.2, 0.25) is 0 Å². The first kappa shape index (κ1) is 16.6. The molecule has 0 atom stereocenters. The Morgan fingerprint density at radius 2 is 1.65 bits per heavy atom. The summed E-state index contributed by atoms with van der Waals surface area (Å²) in [6.45, 7) is 1.68. The number of aromatic hydroxyl groups is 3. The Labute approximate surface area is 135 Å². The van der Waals surface area contributed by atoms with Crippen molar-refractivity contribution in [3.63, 3.8) is 0 Å². The number of quaternary nitrogens is 1. The maximum atomic E-state index is 9.38. The van der Waals surface area contributed by atoms with Gasteiger partial charge in [0.25, 0.3) is 0 Å². The zero-order valence-corrected chi connectivity index (χ0v) is 13.1. The van der Waals surface area contributed by atoms with E-state index in [1.165, 1.54) is 6.07 Å². The Kier molecular flexibility index (Phi) is 6.60. The van der Waals surface area contributed by atoms with Crippen molar-refractivity contribution in [3.8, 4) is 17.2 Å². The fourth-order valence-corrected chi connectivity index (χ4v) is 1.95. The highest BCUT2D eigenvalue weighted by molar-refractivity contribution is 5.40. The van der Waals surface area contributed by atoms with Crippen LogP contribution in [0.1, 0.15) is 11.1 Å². The lowest BCUT2D eigenvalue weighted by Crippen LogP contribution is -3.00. The molecule has 5 heteroatoms. The minimum atomic E-state index is -0.0903. The van der Waals surface area contributed by atoms with E-state index in [9.17, 15) is 15.3 Å². The smallest absolute Gasteiger partial charge is 0.157 e. The van der Waals surface area contributed by atoms with Gasteiger partial charge in [0, 0.05) is 12.0 Å². The monoisotopic (exact) mass is 387 g/mol. The van der Waals surface area contributed by atoms with Gasteiger partial charge < -0.3 is 44.6 Å². The van der Waals surface area contributed by atoms with Crippen molar-refractivity contribution in [2.45, 2.75) is 13.0 Å². The summed E-state index contributed by atoms with van der Waals surface area (Å²) in [7, 11) is 0. The van der Waals surface area contributed by atoms with Gasteiger partial charge >= 0.3 is 0 Å². The molecule has 0 saturated carbocycles. The first-order chi connectivity index (χ1) is 9.15. The first-order valence-electron chi connectivity index (χ1n) is 6.25. The number of rotatable bonds is 5. The third kappa shape index (κ3) is 4.90. The second kappa shape index (κ2) is 7.96. The van der Waals surface area contributed by atoms with Crippen molar-refractivity contribution < 1.29 is 44.6 Å². The zero-order chi connectivity index (χ0) is 13.7.